The average Bonchev–Trinajstić information content (AvgIpc) is 2.47. The van der Waals surface area contributed by atoms with Gasteiger partial charge >= 0.3 is 0 Å². The minimum atomic E-state index is -0.231. The molecule has 13 heavy (non-hydrogen) atoms. The fourth-order valence-corrected chi connectivity index (χ4v) is 2.05. The standard InChI is InChI=1S/C9H19N3O/c1-12-3-2-7(6-12)8(5-10)4-9(11)13/h7-8H,2-6,10H2,1H3,(H2,11,13). The van der Waals surface area contributed by atoms with Crippen LogP contribution in [-0.4, -0.2) is 37.5 Å². The maximum atomic E-state index is 10.8. The third-order valence-corrected chi connectivity index (χ3v) is 2.86. The topological polar surface area (TPSA) is 72.3 Å². The van der Waals surface area contributed by atoms with E-state index in [1.807, 2.05) is 0 Å². The molecule has 0 aromatic rings. The van der Waals surface area contributed by atoms with Gasteiger partial charge in [0.1, 0.15) is 0 Å². The summed E-state index contributed by atoms with van der Waals surface area (Å²) in [7, 11) is 2.10. The number of primary amides is 1. The number of likely N-dealkylation sites (tertiary alicyclic amines) is 1. The Labute approximate surface area is 79.3 Å². The Morgan fingerprint density at radius 2 is 2.38 bits per heavy atom. The second-order valence-electron chi connectivity index (χ2n) is 3.98. The molecule has 2 atom stereocenters. The number of hydrogen-bond acceptors (Lipinski definition) is 3. The van der Waals surface area contributed by atoms with E-state index in [0.29, 0.717) is 18.9 Å². The van der Waals surface area contributed by atoms with Crippen molar-refractivity contribution in [3.8, 4) is 0 Å². The van der Waals surface area contributed by atoms with E-state index >= 15 is 0 Å². The number of amides is 1. The number of carbonyl (C=O) groups excluding carboxylic acids is 1. The van der Waals surface area contributed by atoms with Crippen molar-refractivity contribution in [3.63, 3.8) is 0 Å². The largest absolute Gasteiger partial charge is 0.370 e. The SMILES string of the molecule is CN1CCC(C(CN)CC(N)=O)C1. The van der Waals surface area contributed by atoms with Crippen molar-refractivity contribution in [1.29, 1.82) is 0 Å². The molecule has 1 heterocycles. The fraction of sp³-hybridized carbons (Fsp3) is 0.889. The molecule has 76 valence electrons. The molecule has 1 fully saturated rings. The van der Waals surface area contributed by atoms with Crippen molar-refractivity contribution in [1.82, 2.24) is 4.90 Å². The smallest absolute Gasteiger partial charge is 0.217 e. The fourth-order valence-electron chi connectivity index (χ4n) is 2.05. The van der Waals surface area contributed by atoms with Crippen LogP contribution in [-0.2, 0) is 4.79 Å². The van der Waals surface area contributed by atoms with Crippen molar-refractivity contribution in [2.45, 2.75) is 12.8 Å². The molecule has 4 heteroatoms. The average molecular weight is 185 g/mol. The van der Waals surface area contributed by atoms with Gasteiger partial charge in [-0.1, -0.05) is 0 Å². The van der Waals surface area contributed by atoms with Crippen LogP contribution in [0.25, 0.3) is 0 Å². The molecule has 1 rings (SSSR count). The molecule has 4 N–H and O–H groups in total. The van der Waals surface area contributed by atoms with Crippen molar-refractivity contribution >= 4 is 5.91 Å². The molecular formula is C9H19N3O. The predicted octanol–water partition coefficient (Wildman–Crippen LogP) is -0.612. The van der Waals surface area contributed by atoms with Crippen molar-refractivity contribution in [2.24, 2.45) is 23.3 Å². The van der Waals surface area contributed by atoms with Crippen LogP contribution in [0.2, 0.25) is 0 Å². The third kappa shape index (κ3) is 2.97. The second kappa shape index (κ2) is 4.58. The summed E-state index contributed by atoms with van der Waals surface area (Å²) in [5.74, 6) is 0.606. The minimum absolute atomic E-state index is 0.231. The molecule has 0 aromatic carbocycles. The highest BCUT2D eigenvalue weighted by Crippen LogP contribution is 2.24. The Morgan fingerprint density at radius 1 is 1.69 bits per heavy atom. The van der Waals surface area contributed by atoms with Gasteiger partial charge in [-0.25, -0.2) is 0 Å². The first-order valence-electron chi connectivity index (χ1n) is 4.80. The van der Waals surface area contributed by atoms with Crippen molar-refractivity contribution in [3.05, 3.63) is 0 Å². The van der Waals surface area contributed by atoms with Crippen LogP contribution in [0.4, 0.5) is 0 Å². The van der Waals surface area contributed by atoms with E-state index in [4.69, 9.17) is 11.5 Å². The quantitative estimate of drug-likeness (QED) is 0.613. The van der Waals surface area contributed by atoms with E-state index in [9.17, 15) is 4.79 Å². The molecular weight excluding hydrogens is 166 g/mol. The summed E-state index contributed by atoms with van der Waals surface area (Å²) in [5.41, 5.74) is 10.8. The Balaban J connectivity index is 2.42. The predicted molar refractivity (Wildman–Crippen MR) is 52.0 cm³/mol. The van der Waals surface area contributed by atoms with Crippen LogP contribution in [0.15, 0.2) is 0 Å². The first-order valence-corrected chi connectivity index (χ1v) is 4.80. The third-order valence-electron chi connectivity index (χ3n) is 2.86. The van der Waals surface area contributed by atoms with Gasteiger partial charge in [0.25, 0.3) is 0 Å². The summed E-state index contributed by atoms with van der Waals surface area (Å²) in [5, 5.41) is 0. The van der Waals surface area contributed by atoms with Crippen LogP contribution in [0.5, 0.6) is 0 Å². The maximum Gasteiger partial charge on any atom is 0.217 e. The maximum absolute atomic E-state index is 10.8. The number of nitrogens with zero attached hydrogens (tertiary/aromatic N) is 1. The van der Waals surface area contributed by atoms with Gasteiger partial charge in [-0.15, -0.1) is 0 Å². The van der Waals surface area contributed by atoms with Gasteiger partial charge in [-0.05, 0) is 38.4 Å². The van der Waals surface area contributed by atoms with Gasteiger partial charge in [0.05, 0.1) is 0 Å². The normalized spacial score (nSPS) is 26.2. The zero-order chi connectivity index (χ0) is 9.84. The molecule has 2 unspecified atom stereocenters. The lowest BCUT2D eigenvalue weighted by Gasteiger charge is -2.20. The van der Waals surface area contributed by atoms with Gasteiger partial charge in [0.2, 0.25) is 5.91 Å². The van der Waals surface area contributed by atoms with E-state index in [1.165, 1.54) is 0 Å². The van der Waals surface area contributed by atoms with Gasteiger partial charge in [0, 0.05) is 13.0 Å². The summed E-state index contributed by atoms with van der Waals surface area (Å²) in [4.78, 5) is 13.0. The number of carbonyl (C=O) groups is 1. The van der Waals surface area contributed by atoms with E-state index in [0.717, 1.165) is 19.5 Å². The van der Waals surface area contributed by atoms with E-state index in [1.54, 1.807) is 0 Å². The summed E-state index contributed by atoms with van der Waals surface area (Å²) in [6.07, 6.45) is 1.58. The molecule has 1 saturated heterocycles. The molecule has 0 radical (unpaired) electrons. The monoisotopic (exact) mass is 185 g/mol. The van der Waals surface area contributed by atoms with Gasteiger partial charge in [0.15, 0.2) is 0 Å². The molecule has 1 aliphatic heterocycles. The lowest BCUT2D eigenvalue weighted by Crippen LogP contribution is -2.30. The van der Waals surface area contributed by atoms with E-state index in [-0.39, 0.29) is 11.8 Å². The lowest BCUT2D eigenvalue weighted by molar-refractivity contribution is -0.119. The van der Waals surface area contributed by atoms with Crippen LogP contribution >= 0.6 is 0 Å². The molecule has 0 saturated carbocycles. The molecule has 0 bridgehead atoms. The Morgan fingerprint density at radius 3 is 2.77 bits per heavy atom. The highest BCUT2D eigenvalue weighted by Gasteiger charge is 2.27. The van der Waals surface area contributed by atoms with Crippen LogP contribution < -0.4 is 11.5 Å². The lowest BCUT2D eigenvalue weighted by atomic mass is 9.88. The van der Waals surface area contributed by atoms with Gasteiger partial charge in [-0.2, -0.15) is 0 Å². The van der Waals surface area contributed by atoms with E-state index < -0.39 is 0 Å². The summed E-state index contributed by atoms with van der Waals surface area (Å²) in [6, 6.07) is 0. The minimum Gasteiger partial charge on any atom is -0.370 e. The van der Waals surface area contributed by atoms with Gasteiger partial charge < -0.3 is 16.4 Å². The highest BCUT2D eigenvalue weighted by molar-refractivity contribution is 5.74. The summed E-state index contributed by atoms with van der Waals surface area (Å²) >= 11 is 0. The number of hydrogen-bond donors (Lipinski definition) is 2. The number of rotatable bonds is 4. The summed E-state index contributed by atoms with van der Waals surface area (Å²) in [6.45, 7) is 2.73. The molecule has 0 spiro atoms. The highest BCUT2D eigenvalue weighted by atomic mass is 16.1. The first-order chi connectivity index (χ1) is 6.13. The Bertz CT molecular complexity index is 184. The Hall–Kier alpha value is -0.610. The molecule has 4 nitrogen and oxygen atoms in total. The summed E-state index contributed by atoms with van der Waals surface area (Å²) < 4.78 is 0. The van der Waals surface area contributed by atoms with Gasteiger partial charge in [-0.3, -0.25) is 4.79 Å². The van der Waals surface area contributed by atoms with Crippen LogP contribution in [0.1, 0.15) is 12.8 Å². The number of nitrogens with two attached hydrogens (primary N) is 2. The molecule has 0 aliphatic carbocycles. The van der Waals surface area contributed by atoms with Crippen LogP contribution in [0.3, 0.4) is 0 Å². The zero-order valence-corrected chi connectivity index (χ0v) is 8.20. The van der Waals surface area contributed by atoms with Crippen LogP contribution in [0, 0.1) is 11.8 Å². The Kier molecular flexibility index (Phi) is 3.69. The van der Waals surface area contributed by atoms with Crippen molar-refractivity contribution < 1.29 is 4.79 Å². The zero-order valence-electron chi connectivity index (χ0n) is 8.20. The first kappa shape index (κ1) is 10.5. The molecule has 0 aromatic heterocycles. The van der Waals surface area contributed by atoms with E-state index in [2.05, 4.69) is 11.9 Å². The molecule has 1 amide bonds. The molecule has 1 aliphatic rings. The van der Waals surface area contributed by atoms with Crippen molar-refractivity contribution in [2.75, 3.05) is 26.7 Å². The second-order valence-corrected chi connectivity index (χ2v) is 3.98.